The highest BCUT2D eigenvalue weighted by molar-refractivity contribution is 5.78. The largest absolute Gasteiger partial charge is 0.336 e. The first-order valence-corrected chi connectivity index (χ1v) is 5.67. The fraction of sp³-hybridized carbons (Fsp3) is 0.462. The molecule has 0 saturated carbocycles. The third kappa shape index (κ3) is 2.61. The van der Waals surface area contributed by atoms with Gasteiger partial charge in [-0.25, -0.2) is 0 Å². The molecule has 1 aromatic rings. The Hall–Kier alpha value is -1.35. The van der Waals surface area contributed by atoms with Crippen LogP contribution in [0.2, 0.25) is 0 Å². The first-order valence-electron chi connectivity index (χ1n) is 5.67. The zero-order valence-corrected chi connectivity index (χ0v) is 9.94. The van der Waals surface area contributed by atoms with Crippen LogP contribution in [0.4, 0.5) is 0 Å². The van der Waals surface area contributed by atoms with Crippen LogP contribution in [0.5, 0.6) is 0 Å². The van der Waals surface area contributed by atoms with Gasteiger partial charge in [-0.3, -0.25) is 9.69 Å². The summed E-state index contributed by atoms with van der Waals surface area (Å²) in [6, 6.07) is 8.38. The molecular weight excluding hydrogens is 200 g/mol. The molecule has 0 spiro atoms. The summed E-state index contributed by atoms with van der Waals surface area (Å²) < 4.78 is 0. The molecule has 3 heteroatoms. The Morgan fingerprint density at radius 2 is 1.88 bits per heavy atom. The van der Waals surface area contributed by atoms with Crippen molar-refractivity contribution in [3.63, 3.8) is 0 Å². The highest BCUT2D eigenvalue weighted by Gasteiger charge is 2.21. The third-order valence-corrected chi connectivity index (χ3v) is 3.00. The van der Waals surface area contributed by atoms with E-state index in [0.29, 0.717) is 6.54 Å². The first-order chi connectivity index (χ1) is 7.65. The van der Waals surface area contributed by atoms with E-state index in [1.54, 1.807) is 0 Å². The van der Waals surface area contributed by atoms with Crippen LogP contribution in [-0.4, -0.2) is 42.4 Å². The van der Waals surface area contributed by atoms with Gasteiger partial charge in [0.15, 0.2) is 0 Å². The number of hydrogen-bond donors (Lipinski definition) is 0. The van der Waals surface area contributed by atoms with E-state index in [1.807, 2.05) is 11.9 Å². The second kappa shape index (κ2) is 4.66. The topological polar surface area (TPSA) is 23.6 Å². The van der Waals surface area contributed by atoms with E-state index in [-0.39, 0.29) is 5.91 Å². The van der Waals surface area contributed by atoms with Crippen molar-refractivity contribution < 1.29 is 4.79 Å². The average molecular weight is 218 g/mol. The van der Waals surface area contributed by atoms with Crippen molar-refractivity contribution in [2.45, 2.75) is 13.5 Å². The van der Waals surface area contributed by atoms with Gasteiger partial charge in [-0.15, -0.1) is 0 Å². The predicted molar refractivity (Wildman–Crippen MR) is 64.1 cm³/mol. The van der Waals surface area contributed by atoms with Gasteiger partial charge >= 0.3 is 0 Å². The SMILES string of the molecule is Cc1ccc(CN2CCN(C)CC2=O)cc1. The molecule has 2 rings (SSSR count). The Morgan fingerprint density at radius 3 is 2.50 bits per heavy atom. The standard InChI is InChI=1S/C13H18N2O/c1-11-3-5-12(6-4-11)9-15-8-7-14(2)10-13(15)16/h3-6H,7-10H2,1-2H3. The molecule has 1 heterocycles. The molecule has 1 saturated heterocycles. The normalized spacial score (nSPS) is 17.9. The zero-order valence-electron chi connectivity index (χ0n) is 9.94. The van der Waals surface area contributed by atoms with E-state index in [9.17, 15) is 4.79 Å². The van der Waals surface area contributed by atoms with Gasteiger partial charge in [0.1, 0.15) is 0 Å². The number of likely N-dealkylation sites (N-methyl/N-ethyl adjacent to an activating group) is 1. The van der Waals surface area contributed by atoms with Gasteiger partial charge in [0.25, 0.3) is 0 Å². The maximum Gasteiger partial charge on any atom is 0.237 e. The average Bonchev–Trinajstić information content (AvgIpc) is 2.25. The number of aryl methyl sites for hydroxylation is 1. The quantitative estimate of drug-likeness (QED) is 0.746. The number of rotatable bonds is 2. The Labute approximate surface area is 96.7 Å². The van der Waals surface area contributed by atoms with Crippen LogP contribution >= 0.6 is 0 Å². The Bertz CT molecular complexity index is 372. The van der Waals surface area contributed by atoms with Crippen molar-refractivity contribution in [1.82, 2.24) is 9.80 Å². The van der Waals surface area contributed by atoms with Gasteiger partial charge in [0, 0.05) is 19.6 Å². The van der Waals surface area contributed by atoms with Gasteiger partial charge < -0.3 is 4.90 Å². The Balaban J connectivity index is 1.99. The fourth-order valence-electron chi connectivity index (χ4n) is 1.91. The van der Waals surface area contributed by atoms with Crippen molar-refractivity contribution in [2.24, 2.45) is 0 Å². The number of nitrogens with zero attached hydrogens (tertiary/aromatic N) is 2. The molecule has 86 valence electrons. The van der Waals surface area contributed by atoms with E-state index >= 15 is 0 Å². The lowest BCUT2D eigenvalue weighted by atomic mass is 10.1. The lowest BCUT2D eigenvalue weighted by molar-refractivity contribution is -0.136. The monoisotopic (exact) mass is 218 g/mol. The van der Waals surface area contributed by atoms with Crippen molar-refractivity contribution in [2.75, 3.05) is 26.7 Å². The summed E-state index contributed by atoms with van der Waals surface area (Å²) in [6.45, 7) is 5.17. The number of carbonyl (C=O) groups excluding carboxylic acids is 1. The summed E-state index contributed by atoms with van der Waals surface area (Å²) in [7, 11) is 1.99. The van der Waals surface area contributed by atoms with E-state index < -0.39 is 0 Å². The summed E-state index contributed by atoms with van der Waals surface area (Å²) in [5, 5.41) is 0. The van der Waals surface area contributed by atoms with E-state index in [0.717, 1.165) is 19.6 Å². The van der Waals surface area contributed by atoms with Crippen LogP contribution in [-0.2, 0) is 11.3 Å². The molecule has 1 amide bonds. The lowest BCUT2D eigenvalue weighted by Crippen LogP contribution is -2.48. The molecule has 1 aliphatic rings. The zero-order chi connectivity index (χ0) is 11.5. The van der Waals surface area contributed by atoms with Gasteiger partial charge in [-0.1, -0.05) is 29.8 Å². The predicted octanol–water partition coefficient (Wildman–Crippen LogP) is 1.27. The summed E-state index contributed by atoms with van der Waals surface area (Å²) in [5.74, 6) is 0.231. The van der Waals surface area contributed by atoms with E-state index in [2.05, 4.69) is 36.1 Å². The number of hydrogen-bond acceptors (Lipinski definition) is 2. The van der Waals surface area contributed by atoms with Crippen molar-refractivity contribution in [3.05, 3.63) is 35.4 Å². The van der Waals surface area contributed by atoms with E-state index in [4.69, 9.17) is 0 Å². The van der Waals surface area contributed by atoms with Crippen LogP contribution < -0.4 is 0 Å². The molecule has 1 fully saturated rings. The van der Waals surface area contributed by atoms with Crippen molar-refractivity contribution >= 4 is 5.91 Å². The van der Waals surface area contributed by atoms with Crippen LogP contribution in [0.25, 0.3) is 0 Å². The van der Waals surface area contributed by atoms with Crippen LogP contribution in [0.1, 0.15) is 11.1 Å². The van der Waals surface area contributed by atoms with Crippen molar-refractivity contribution in [1.29, 1.82) is 0 Å². The number of piperazine rings is 1. The van der Waals surface area contributed by atoms with Crippen LogP contribution in [0, 0.1) is 6.92 Å². The summed E-state index contributed by atoms with van der Waals surface area (Å²) >= 11 is 0. The minimum absolute atomic E-state index is 0.231. The maximum atomic E-state index is 11.8. The highest BCUT2D eigenvalue weighted by atomic mass is 16.2. The van der Waals surface area contributed by atoms with Gasteiger partial charge in [0.2, 0.25) is 5.91 Å². The molecule has 0 N–H and O–H groups in total. The number of carbonyl (C=O) groups is 1. The molecule has 0 atom stereocenters. The third-order valence-electron chi connectivity index (χ3n) is 3.00. The summed E-state index contributed by atoms with van der Waals surface area (Å²) in [6.07, 6.45) is 0. The molecule has 0 radical (unpaired) electrons. The molecule has 0 aliphatic carbocycles. The molecule has 0 bridgehead atoms. The van der Waals surface area contributed by atoms with Crippen LogP contribution in [0.3, 0.4) is 0 Å². The number of benzene rings is 1. The lowest BCUT2D eigenvalue weighted by Gasteiger charge is -2.32. The minimum atomic E-state index is 0.231. The second-order valence-electron chi connectivity index (χ2n) is 4.54. The highest BCUT2D eigenvalue weighted by Crippen LogP contribution is 2.09. The van der Waals surface area contributed by atoms with Gasteiger partial charge in [-0.2, -0.15) is 0 Å². The molecule has 3 nitrogen and oxygen atoms in total. The molecule has 16 heavy (non-hydrogen) atoms. The number of amides is 1. The maximum absolute atomic E-state index is 11.8. The summed E-state index contributed by atoms with van der Waals surface area (Å²) in [5.41, 5.74) is 2.47. The summed E-state index contributed by atoms with van der Waals surface area (Å²) in [4.78, 5) is 15.8. The van der Waals surface area contributed by atoms with Gasteiger partial charge in [0.05, 0.1) is 6.54 Å². The fourth-order valence-corrected chi connectivity index (χ4v) is 1.91. The smallest absolute Gasteiger partial charge is 0.237 e. The second-order valence-corrected chi connectivity index (χ2v) is 4.54. The molecule has 0 aromatic heterocycles. The molecule has 0 unspecified atom stereocenters. The Kier molecular flexibility index (Phi) is 3.25. The molecule has 1 aliphatic heterocycles. The Morgan fingerprint density at radius 1 is 1.19 bits per heavy atom. The van der Waals surface area contributed by atoms with Crippen LogP contribution in [0.15, 0.2) is 24.3 Å². The van der Waals surface area contributed by atoms with E-state index in [1.165, 1.54) is 11.1 Å². The van der Waals surface area contributed by atoms with Crippen molar-refractivity contribution in [3.8, 4) is 0 Å². The first kappa shape index (κ1) is 11.1. The molecular formula is C13H18N2O. The minimum Gasteiger partial charge on any atom is -0.336 e. The van der Waals surface area contributed by atoms with Gasteiger partial charge in [-0.05, 0) is 19.5 Å². The molecule has 1 aromatic carbocycles.